The van der Waals surface area contributed by atoms with Crippen LogP contribution < -0.4 is 4.74 Å². The molecule has 0 radical (unpaired) electrons. The van der Waals surface area contributed by atoms with Crippen LogP contribution >= 0.6 is 23.5 Å². The Bertz CT molecular complexity index is 579. The van der Waals surface area contributed by atoms with E-state index in [0.717, 1.165) is 21.4 Å². The Morgan fingerprint density at radius 2 is 2.25 bits per heavy atom. The third-order valence-corrected chi connectivity index (χ3v) is 4.44. The van der Waals surface area contributed by atoms with Crippen LogP contribution in [0.3, 0.4) is 0 Å². The molecule has 0 bridgehead atoms. The fourth-order valence-corrected chi connectivity index (χ4v) is 3.22. The molecule has 1 aromatic rings. The van der Waals surface area contributed by atoms with Gasteiger partial charge in [0, 0.05) is 11.3 Å². The number of nitrogens with zero attached hydrogens (tertiary/aromatic N) is 1. The van der Waals surface area contributed by atoms with Crippen molar-refractivity contribution in [3.63, 3.8) is 0 Å². The summed E-state index contributed by atoms with van der Waals surface area (Å²) >= 11 is 2.69. The Morgan fingerprint density at radius 1 is 1.45 bits per heavy atom. The summed E-state index contributed by atoms with van der Waals surface area (Å²) in [5, 5.41) is -0.0251. The Morgan fingerprint density at radius 3 is 3.00 bits per heavy atom. The number of ether oxygens (including phenoxy) is 1. The van der Waals surface area contributed by atoms with E-state index in [9.17, 15) is 4.79 Å². The van der Waals surface area contributed by atoms with Gasteiger partial charge in [-0.25, -0.2) is 4.99 Å². The summed E-state index contributed by atoms with van der Waals surface area (Å²) in [4.78, 5) is 16.3. The molecule has 104 valence electrons. The summed E-state index contributed by atoms with van der Waals surface area (Å²) in [6.45, 7) is 6.18. The molecule has 0 aromatic heterocycles. The summed E-state index contributed by atoms with van der Waals surface area (Å²) in [7, 11) is 0. The minimum Gasteiger partial charge on any atom is -0.493 e. The van der Waals surface area contributed by atoms with Crippen molar-refractivity contribution in [1.82, 2.24) is 0 Å². The summed E-state index contributed by atoms with van der Waals surface area (Å²) in [5.41, 5.74) is 1.34. The number of hydrogen-bond acceptors (Lipinski definition) is 5. The zero-order valence-electron chi connectivity index (χ0n) is 11.2. The first-order chi connectivity index (χ1) is 9.74. The lowest BCUT2D eigenvalue weighted by Crippen LogP contribution is -1.94. The average molecular weight is 305 g/mol. The molecule has 20 heavy (non-hydrogen) atoms. The van der Waals surface area contributed by atoms with Gasteiger partial charge in [-0.1, -0.05) is 36.0 Å². The van der Waals surface area contributed by atoms with Gasteiger partial charge in [0.1, 0.15) is 15.8 Å². The lowest BCUT2D eigenvalue weighted by atomic mass is 10.1. The van der Waals surface area contributed by atoms with Crippen molar-refractivity contribution in [2.75, 3.05) is 12.4 Å². The van der Waals surface area contributed by atoms with E-state index >= 15 is 0 Å². The van der Waals surface area contributed by atoms with E-state index in [-0.39, 0.29) is 5.12 Å². The molecule has 3 nitrogen and oxygen atoms in total. The standard InChI is InChI=1S/C15H15NO2S2/c1-3-9-19-15-16-12(14(17)20-15)10-11-7-5-6-8-13(11)18-4-2/h3,5-8,10H,1,4,9H2,2H3/b12-10+. The largest absolute Gasteiger partial charge is 0.493 e. The quantitative estimate of drug-likeness (QED) is 0.609. The highest BCUT2D eigenvalue weighted by atomic mass is 32.2. The maximum absolute atomic E-state index is 11.9. The minimum atomic E-state index is -0.0251. The van der Waals surface area contributed by atoms with Crippen LogP contribution in [0.15, 0.2) is 47.6 Å². The number of thioether (sulfide) groups is 2. The van der Waals surface area contributed by atoms with E-state index in [4.69, 9.17) is 4.74 Å². The van der Waals surface area contributed by atoms with Crippen LogP contribution in [-0.2, 0) is 4.79 Å². The van der Waals surface area contributed by atoms with Gasteiger partial charge in [-0.15, -0.1) is 6.58 Å². The number of para-hydroxylation sites is 1. The van der Waals surface area contributed by atoms with Crippen LogP contribution in [0.4, 0.5) is 0 Å². The molecular weight excluding hydrogens is 290 g/mol. The molecule has 2 rings (SSSR count). The second-order valence-electron chi connectivity index (χ2n) is 3.87. The lowest BCUT2D eigenvalue weighted by Gasteiger charge is -2.06. The number of carbonyl (C=O) groups excluding carboxylic acids is 1. The molecule has 5 heteroatoms. The van der Waals surface area contributed by atoms with Crippen LogP contribution in [0, 0.1) is 0 Å². The number of carbonyl (C=O) groups is 1. The van der Waals surface area contributed by atoms with Crippen molar-refractivity contribution in [2.45, 2.75) is 6.92 Å². The number of rotatable bonds is 5. The van der Waals surface area contributed by atoms with Crippen LogP contribution in [0.1, 0.15) is 12.5 Å². The molecule has 0 N–H and O–H groups in total. The third kappa shape index (κ3) is 3.77. The van der Waals surface area contributed by atoms with Crippen LogP contribution in [0.2, 0.25) is 0 Å². The third-order valence-electron chi connectivity index (χ3n) is 2.44. The van der Waals surface area contributed by atoms with E-state index in [1.54, 1.807) is 12.2 Å². The highest BCUT2D eigenvalue weighted by molar-refractivity contribution is 8.45. The monoisotopic (exact) mass is 305 g/mol. The zero-order chi connectivity index (χ0) is 14.4. The molecule has 0 amide bonds. The topological polar surface area (TPSA) is 38.7 Å². The Kier molecular flexibility index (Phi) is 5.49. The van der Waals surface area contributed by atoms with E-state index in [1.165, 1.54) is 23.5 Å². The van der Waals surface area contributed by atoms with Crippen LogP contribution in [0.25, 0.3) is 6.08 Å². The van der Waals surface area contributed by atoms with Crippen LogP contribution in [-0.4, -0.2) is 21.9 Å². The molecule has 0 saturated heterocycles. The molecule has 0 fully saturated rings. The predicted molar refractivity (Wildman–Crippen MR) is 88.3 cm³/mol. The molecule has 0 spiro atoms. The number of hydrogen-bond donors (Lipinski definition) is 0. The Labute approximate surface area is 127 Å². The molecule has 1 aliphatic rings. The van der Waals surface area contributed by atoms with Gasteiger partial charge in [0.05, 0.1) is 6.61 Å². The zero-order valence-corrected chi connectivity index (χ0v) is 12.8. The van der Waals surface area contributed by atoms with Crippen molar-refractivity contribution in [1.29, 1.82) is 0 Å². The number of aliphatic imine (C=N–C) groups is 1. The lowest BCUT2D eigenvalue weighted by molar-refractivity contribution is -0.107. The summed E-state index contributed by atoms with van der Waals surface area (Å²) in [6.07, 6.45) is 3.58. The smallest absolute Gasteiger partial charge is 0.244 e. The summed E-state index contributed by atoms with van der Waals surface area (Å²) < 4.78 is 6.32. The maximum atomic E-state index is 11.9. The number of benzene rings is 1. The van der Waals surface area contributed by atoms with Gasteiger partial charge in [-0.3, -0.25) is 4.79 Å². The maximum Gasteiger partial charge on any atom is 0.244 e. The fourth-order valence-electron chi connectivity index (χ4n) is 1.62. The van der Waals surface area contributed by atoms with Crippen molar-refractivity contribution in [3.8, 4) is 5.75 Å². The average Bonchev–Trinajstić information content (AvgIpc) is 2.79. The summed E-state index contributed by atoms with van der Waals surface area (Å²) in [6, 6.07) is 7.63. The molecule has 0 atom stereocenters. The fraction of sp³-hybridized carbons (Fsp3) is 0.200. The molecule has 0 saturated carbocycles. The molecular formula is C15H15NO2S2. The highest BCUT2D eigenvalue weighted by Gasteiger charge is 2.22. The van der Waals surface area contributed by atoms with E-state index in [1.807, 2.05) is 31.2 Å². The van der Waals surface area contributed by atoms with Crippen molar-refractivity contribution < 1.29 is 9.53 Å². The second-order valence-corrected chi connectivity index (χ2v) is 6.10. The van der Waals surface area contributed by atoms with Gasteiger partial charge < -0.3 is 4.74 Å². The molecule has 1 aliphatic heterocycles. The molecule has 0 aliphatic carbocycles. The summed E-state index contributed by atoms with van der Waals surface area (Å²) in [5.74, 6) is 1.52. The van der Waals surface area contributed by atoms with E-state index < -0.39 is 0 Å². The van der Waals surface area contributed by atoms with Gasteiger partial charge in [-0.2, -0.15) is 0 Å². The van der Waals surface area contributed by atoms with Crippen molar-refractivity contribution in [3.05, 3.63) is 48.2 Å². The molecule has 1 aromatic carbocycles. The SMILES string of the molecule is C=CCSC1=N/C(=C/c2ccccc2OCC)C(=O)S1. The first-order valence-corrected chi connectivity index (χ1v) is 8.03. The van der Waals surface area contributed by atoms with Gasteiger partial charge in [-0.05, 0) is 30.8 Å². The van der Waals surface area contributed by atoms with E-state index in [0.29, 0.717) is 12.3 Å². The Hall–Kier alpha value is -1.46. The van der Waals surface area contributed by atoms with Gasteiger partial charge in [0.25, 0.3) is 0 Å². The minimum absolute atomic E-state index is 0.0251. The van der Waals surface area contributed by atoms with Gasteiger partial charge in [0.15, 0.2) is 0 Å². The van der Waals surface area contributed by atoms with Gasteiger partial charge in [0.2, 0.25) is 5.12 Å². The molecule has 1 heterocycles. The first-order valence-electron chi connectivity index (χ1n) is 6.22. The highest BCUT2D eigenvalue weighted by Crippen LogP contribution is 2.32. The first kappa shape index (κ1) is 14.9. The second kappa shape index (κ2) is 7.36. The normalized spacial score (nSPS) is 16.4. The predicted octanol–water partition coefficient (Wildman–Crippen LogP) is 3.97. The van der Waals surface area contributed by atoms with Crippen molar-refractivity contribution in [2.24, 2.45) is 4.99 Å². The van der Waals surface area contributed by atoms with E-state index in [2.05, 4.69) is 11.6 Å². The molecule has 0 unspecified atom stereocenters. The van der Waals surface area contributed by atoms with Crippen LogP contribution in [0.5, 0.6) is 5.75 Å². The Balaban J connectivity index is 2.24. The van der Waals surface area contributed by atoms with Crippen molar-refractivity contribution >= 4 is 39.1 Å². The van der Waals surface area contributed by atoms with Gasteiger partial charge >= 0.3 is 0 Å².